The second kappa shape index (κ2) is 7.28. The van der Waals surface area contributed by atoms with E-state index in [2.05, 4.69) is 29.2 Å². The molecule has 0 N–H and O–H groups in total. The van der Waals surface area contributed by atoms with Crippen molar-refractivity contribution < 1.29 is 13.6 Å². The van der Waals surface area contributed by atoms with Gasteiger partial charge < -0.3 is 0 Å². The highest BCUT2D eigenvalue weighted by molar-refractivity contribution is 5.98. The van der Waals surface area contributed by atoms with Crippen molar-refractivity contribution in [2.45, 2.75) is 50.7 Å². The average molecular weight is 355 g/mol. The van der Waals surface area contributed by atoms with Gasteiger partial charge in [0.25, 0.3) is 6.43 Å². The van der Waals surface area contributed by atoms with Gasteiger partial charge in [0.05, 0.1) is 0 Å². The van der Waals surface area contributed by atoms with Gasteiger partial charge in [0.2, 0.25) is 0 Å². The first kappa shape index (κ1) is 17.3. The number of hydrogen-bond donors (Lipinski definition) is 0. The topological polar surface area (TPSA) is 20.3 Å². The quantitative estimate of drug-likeness (QED) is 0.683. The van der Waals surface area contributed by atoms with Gasteiger partial charge in [0.1, 0.15) is 0 Å². The van der Waals surface area contributed by atoms with Crippen molar-refractivity contribution in [2.75, 3.05) is 0 Å². The predicted octanol–water partition coefficient (Wildman–Crippen LogP) is 5.25. The molecule has 2 nitrogen and oxygen atoms in total. The molecule has 0 aliphatic carbocycles. The summed E-state index contributed by atoms with van der Waals surface area (Å²) in [5.74, 6) is -0.0174. The molecule has 2 aliphatic heterocycles. The van der Waals surface area contributed by atoms with Crippen molar-refractivity contribution in [3.05, 3.63) is 71.3 Å². The molecule has 2 aromatic rings. The zero-order chi connectivity index (χ0) is 18.1. The molecule has 0 aromatic heterocycles. The lowest BCUT2D eigenvalue weighted by molar-refractivity contribution is 0.0678. The lowest BCUT2D eigenvalue weighted by Gasteiger charge is -2.38. The molecule has 26 heavy (non-hydrogen) atoms. The molecule has 2 aliphatic rings. The molecule has 2 atom stereocenters. The number of fused-ring (bicyclic) bond motifs is 2. The van der Waals surface area contributed by atoms with Gasteiger partial charge in [-0.25, -0.2) is 8.78 Å². The Labute approximate surface area is 152 Å². The van der Waals surface area contributed by atoms with E-state index in [1.807, 2.05) is 6.07 Å². The highest BCUT2D eigenvalue weighted by atomic mass is 19.3. The fourth-order valence-corrected chi connectivity index (χ4v) is 4.60. The number of alkyl halides is 2. The van der Waals surface area contributed by atoms with Crippen molar-refractivity contribution in [2.24, 2.45) is 5.92 Å². The Hall–Kier alpha value is -2.07. The van der Waals surface area contributed by atoms with Crippen LogP contribution in [0.1, 0.15) is 53.6 Å². The van der Waals surface area contributed by atoms with Gasteiger partial charge in [-0.15, -0.1) is 0 Å². The largest absolute Gasteiger partial charge is 0.294 e. The third-order valence-electron chi connectivity index (χ3n) is 5.89. The number of rotatable bonds is 5. The Bertz CT molecular complexity index is 763. The summed E-state index contributed by atoms with van der Waals surface area (Å²) in [6, 6.07) is 17.3. The summed E-state index contributed by atoms with van der Waals surface area (Å²) in [5.41, 5.74) is 1.67. The number of Topliss-reactive ketones (excluding diaryl/α,β-unsaturated/α-hetero) is 1. The van der Waals surface area contributed by atoms with Gasteiger partial charge in [-0.05, 0) is 37.3 Å². The van der Waals surface area contributed by atoms with E-state index in [-0.39, 0.29) is 17.3 Å². The SMILES string of the molecule is O=C(c1cccc(C(F)F)c1)C1CC2CCC(C1)N2Cc1ccccc1. The van der Waals surface area contributed by atoms with Crippen molar-refractivity contribution in [1.82, 2.24) is 4.90 Å². The molecule has 4 rings (SSSR count). The minimum atomic E-state index is -2.54. The van der Waals surface area contributed by atoms with Gasteiger partial charge in [-0.3, -0.25) is 9.69 Å². The maximum Gasteiger partial charge on any atom is 0.263 e. The van der Waals surface area contributed by atoms with E-state index in [0.29, 0.717) is 17.6 Å². The monoisotopic (exact) mass is 355 g/mol. The van der Waals surface area contributed by atoms with Crippen LogP contribution in [0, 0.1) is 5.92 Å². The third kappa shape index (κ3) is 3.43. The number of hydrogen-bond acceptors (Lipinski definition) is 2. The van der Waals surface area contributed by atoms with Crippen LogP contribution < -0.4 is 0 Å². The Kier molecular flexibility index (Phi) is 4.86. The van der Waals surface area contributed by atoms with Crippen molar-refractivity contribution >= 4 is 5.78 Å². The van der Waals surface area contributed by atoms with Crippen molar-refractivity contribution in [3.63, 3.8) is 0 Å². The molecular weight excluding hydrogens is 332 g/mol. The fraction of sp³-hybridized carbons (Fsp3) is 0.409. The van der Waals surface area contributed by atoms with E-state index in [1.165, 1.54) is 17.7 Å². The summed E-state index contributed by atoms with van der Waals surface area (Å²) in [6.45, 7) is 0.929. The maximum absolute atomic E-state index is 12.9. The van der Waals surface area contributed by atoms with E-state index in [9.17, 15) is 13.6 Å². The van der Waals surface area contributed by atoms with E-state index in [4.69, 9.17) is 0 Å². The number of piperidine rings is 1. The van der Waals surface area contributed by atoms with E-state index in [1.54, 1.807) is 12.1 Å². The first-order chi connectivity index (χ1) is 12.6. The van der Waals surface area contributed by atoms with Crippen LogP contribution >= 0.6 is 0 Å². The Morgan fingerprint density at radius 1 is 1.00 bits per heavy atom. The van der Waals surface area contributed by atoms with Gasteiger partial charge >= 0.3 is 0 Å². The molecular formula is C22H23F2NO. The number of carbonyl (C=O) groups is 1. The number of carbonyl (C=O) groups excluding carboxylic acids is 1. The lowest BCUT2D eigenvalue weighted by atomic mass is 9.84. The van der Waals surface area contributed by atoms with E-state index < -0.39 is 6.43 Å². The molecule has 2 heterocycles. The maximum atomic E-state index is 12.9. The Morgan fingerprint density at radius 3 is 2.35 bits per heavy atom. The first-order valence-corrected chi connectivity index (χ1v) is 9.34. The zero-order valence-electron chi connectivity index (χ0n) is 14.7. The second-order valence-electron chi connectivity index (χ2n) is 7.50. The molecule has 2 fully saturated rings. The minimum Gasteiger partial charge on any atom is -0.294 e. The summed E-state index contributed by atoms with van der Waals surface area (Å²) in [6.07, 6.45) is 1.38. The lowest BCUT2D eigenvalue weighted by Crippen LogP contribution is -2.44. The molecule has 136 valence electrons. The average Bonchev–Trinajstić information content (AvgIpc) is 2.90. The van der Waals surface area contributed by atoms with Crippen LogP contribution in [0.4, 0.5) is 8.78 Å². The van der Waals surface area contributed by atoms with Crippen LogP contribution in [0.25, 0.3) is 0 Å². The molecule has 2 aromatic carbocycles. The van der Waals surface area contributed by atoms with Crippen LogP contribution in [-0.2, 0) is 6.54 Å². The first-order valence-electron chi connectivity index (χ1n) is 9.34. The normalized spacial score (nSPS) is 25.6. The van der Waals surface area contributed by atoms with Crippen LogP contribution in [-0.4, -0.2) is 22.8 Å². The van der Waals surface area contributed by atoms with Crippen molar-refractivity contribution in [3.8, 4) is 0 Å². The molecule has 0 spiro atoms. The molecule has 0 saturated carbocycles. The number of ketones is 1. The molecule has 2 bridgehead atoms. The van der Waals surface area contributed by atoms with Gasteiger partial charge in [0, 0.05) is 35.7 Å². The Morgan fingerprint density at radius 2 is 1.69 bits per heavy atom. The van der Waals surface area contributed by atoms with E-state index in [0.717, 1.165) is 32.2 Å². The smallest absolute Gasteiger partial charge is 0.263 e. The van der Waals surface area contributed by atoms with Gasteiger partial charge in [-0.2, -0.15) is 0 Å². The van der Waals surface area contributed by atoms with Crippen LogP contribution in [0.5, 0.6) is 0 Å². The number of benzene rings is 2. The highest BCUT2D eigenvalue weighted by Crippen LogP contribution is 2.40. The number of nitrogens with zero attached hydrogens (tertiary/aromatic N) is 1. The fourth-order valence-electron chi connectivity index (χ4n) is 4.60. The van der Waals surface area contributed by atoms with Crippen LogP contribution in [0.2, 0.25) is 0 Å². The van der Waals surface area contributed by atoms with Gasteiger partial charge in [0.15, 0.2) is 5.78 Å². The molecule has 2 unspecified atom stereocenters. The molecule has 2 saturated heterocycles. The zero-order valence-corrected chi connectivity index (χ0v) is 14.7. The molecule has 0 amide bonds. The van der Waals surface area contributed by atoms with Crippen molar-refractivity contribution in [1.29, 1.82) is 0 Å². The van der Waals surface area contributed by atoms with Gasteiger partial charge in [-0.1, -0.05) is 48.5 Å². The summed E-state index contributed by atoms with van der Waals surface area (Å²) in [5, 5.41) is 0. The standard InChI is InChI=1S/C22H23F2NO/c23-22(24)17-8-4-7-16(11-17)21(26)18-12-19-9-10-20(13-18)25(19)14-15-5-2-1-3-6-15/h1-8,11,18-20,22H,9-10,12-14H2. The summed E-state index contributed by atoms with van der Waals surface area (Å²) in [4.78, 5) is 15.4. The number of halogens is 2. The summed E-state index contributed by atoms with van der Waals surface area (Å²) >= 11 is 0. The minimum absolute atomic E-state index is 0.0313. The molecule has 0 radical (unpaired) electrons. The van der Waals surface area contributed by atoms with Crippen LogP contribution in [0.15, 0.2) is 54.6 Å². The molecule has 4 heteroatoms. The third-order valence-corrected chi connectivity index (χ3v) is 5.89. The van der Waals surface area contributed by atoms with E-state index >= 15 is 0 Å². The summed E-state index contributed by atoms with van der Waals surface area (Å²) in [7, 11) is 0. The predicted molar refractivity (Wildman–Crippen MR) is 97.2 cm³/mol. The second-order valence-corrected chi connectivity index (χ2v) is 7.50. The summed E-state index contributed by atoms with van der Waals surface area (Å²) < 4.78 is 25.9. The highest BCUT2D eigenvalue weighted by Gasteiger charge is 2.42. The van der Waals surface area contributed by atoms with Crippen LogP contribution in [0.3, 0.4) is 0 Å². The Balaban J connectivity index is 1.47.